The molecule has 0 unspecified atom stereocenters. The minimum absolute atomic E-state index is 0.726. The number of anilines is 1. The van der Waals surface area contributed by atoms with E-state index < -0.39 is 0 Å². The Morgan fingerprint density at radius 3 is 2.58 bits per heavy atom. The molecular weight excluding hydrogens is 338 g/mol. The summed E-state index contributed by atoms with van der Waals surface area (Å²) in [4.78, 5) is 4.59. The van der Waals surface area contributed by atoms with E-state index in [2.05, 4.69) is 34.6 Å². The molecule has 1 N–H and O–H groups in total. The van der Waals surface area contributed by atoms with E-state index in [1.165, 1.54) is 0 Å². The third-order valence-electron chi connectivity index (χ3n) is 3.52. The van der Waals surface area contributed by atoms with Gasteiger partial charge in [-0.3, -0.25) is 5.43 Å². The van der Waals surface area contributed by atoms with Crippen molar-refractivity contribution in [3.05, 3.63) is 70.6 Å². The van der Waals surface area contributed by atoms with Gasteiger partial charge in [0.15, 0.2) is 0 Å². The van der Waals surface area contributed by atoms with Crippen molar-refractivity contribution in [2.45, 2.75) is 19.8 Å². The lowest BCUT2D eigenvalue weighted by molar-refractivity contribution is 0.987. The molecule has 122 valence electrons. The van der Waals surface area contributed by atoms with Gasteiger partial charge in [0.1, 0.15) is 0 Å². The fraction of sp³-hybridized carbons (Fsp3) is 0.158. The second-order valence-corrected chi connectivity index (χ2v) is 6.63. The summed E-state index contributed by atoms with van der Waals surface area (Å²) in [6.07, 6.45) is 1.97. The standard InChI is InChI=1S/C19H18ClN3S/c1-2-6-17(14-7-4-3-5-8-14)22-23-19-21-18(13-24-19)15-9-11-16(20)12-10-15/h3-5,7-13H,2,6H2,1H3,(H,21,23)/b22-17-. The third-order valence-corrected chi connectivity index (χ3v) is 4.52. The molecule has 0 spiro atoms. The van der Waals surface area contributed by atoms with E-state index in [4.69, 9.17) is 11.6 Å². The van der Waals surface area contributed by atoms with Crippen LogP contribution in [0.1, 0.15) is 25.3 Å². The highest BCUT2D eigenvalue weighted by atomic mass is 35.5. The molecule has 0 aliphatic rings. The van der Waals surface area contributed by atoms with Crippen LogP contribution >= 0.6 is 22.9 Å². The molecule has 3 nitrogen and oxygen atoms in total. The summed E-state index contributed by atoms with van der Waals surface area (Å²) in [6, 6.07) is 17.9. The van der Waals surface area contributed by atoms with Gasteiger partial charge in [-0.2, -0.15) is 5.10 Å². The number of nitrogens with zero attached hydrogens (tertiary/aromatic N) is 2. The molecule has 0 bridgehead atoms. The molecule has 1 heterocycles. The van der Waals surface area contributed by atoms with E-state index >= 15 is 0 Å². The monoisotopic (exact) mass is 355 g/mol. The summed E-state index contributed by atoms with van der Waals surface area (Å²) in [5, 5.41) is 8.09. The van der Waals surface area contributed by atoms with E-state index in [9.17, 15) is 0 Å². The van der Waals surface area contributed by atoms with Crippen molar-refractivity contribution in [3.8, 4) is 11.3 Å². The quantitative estimate of drug-likeness (QED) is 0.429. The van der Waals surface area contributed by atoms with Crippen molar-refractivity contribution in [2.75, 3.05) is 5.43 Å². The summed E-state index contributed by atoms with van der Waals surface area (Å²) < 4.78 is 0. The maximum absolute atomic E-state index is 5.93. The van der Waals surface area contributed by atoms with Gasteiger partial charge in [-0.25, -0.2) is 4.98 Å². The molecule has 0 saturated heterocycles. The summed E-state index contributed by atoms with van der Waals surface area (Å²) in [5.41, 5.74) is 7.25. The average Bonchev–Trinajstić information content (AvgIpc) is 3.09. The van der Waals surface area contributed by atoms with Crippen molar-refractivity contribution in [1.29, 1.82) is 0 Å². The van der Waals surface area contributed by atoms with Crippen LogP contribution in [-0.2, 0) is 0 Å². The van der Waals surface area contributed by atoms with Gasteiger partial charge in [0, 0.05) is 16.0 Å². The Morgan fingerprint density at radius 1 is 1.12 bits per heavy atom. The van der Waals surface area contributed by atoms with Crippen molar-refractivity contribution < 1.29 is 0 Å². The summed E-state index contributed by atoms with van der Waals surface area (Å²) >= 11 is 7.47. The largest absolute Gasteiger partial charge is 0.252 e. The lowest BCUT2D eigenvalue weighted by Crippen LogP contribution is -2.04. The summed E-state index contributed by atoms with van der Waals surface area (Å²) in [5.74, 6) is 0. The third kappa shape index (κ3) is 4.22. The molecule has 0 saturated carbocycles. The van der Waals surface area contributed by atoms with Crippen LogP contribution < -0.4 is 5.43 Å². The number of hydrogen-bond acceptors (Lipinski definition) is 4. The Balaban J connectivity index is 1.76. The molecule has 1 aromatic heterocycles. The summed E-state index contributed by atoms with van der Waals surface area (Å²) in [7, 11) is 0. The van der Waals surface area contributed by atoms with Gasteiger partial charge in [-0.05, 0) is 24.1 Å². The van der Waals surface area contributed by atoms with Gasteiger partial charge < -0.3 is 0 Å². The first-order chi connectivity index (χ1) is 11.8. The molecule has 0 fully saturated rings. The maximum atomic E-state index is 5.93. The van der Waals surface area contributed by atoms with Crippen LogP contribution in [0.25, 0.3) is 11.3 Å². The highest BCUT2D eigenvalue weighted by Crippen LogP contribution is 2.26. The minimum atomic E-state index is 0.726. The number of hydrogen-bond donors (Lipinski definition) is 1. The molecule has 0 radical (unpaired) electrons. The van der Waals surface area contributed by atoms with Crippen LogP contribution in [0.3, 0.4) is 0 Å². The average molecular weight is 356 g/mol. The predicted octanol–water partition coefficient (Wildman–Crippen LogP) is 6.08. The van der Waals surface area contributed by atoms with Crippen LogP contribution in [0.4, 0.5) is 5.13 Å². The van der Waals surface area contributed by atoms with Gasteiger partial charge in [-0.15, -0.1) is 11.3 Å². The van der Waals surface area contributed by atoms with Gasteiger partial charge in [-0.1, -0.05) is 67.4 Å². The van der Waals surface area contributed by atoms with Crippen molar-refractivity contribution >= 4 is 33.8 Å². The predicted molar refractivity (Wildman–Crippen MR) is 104 cm³/mol. The van der Waals surface area contributed by atoms with E-state index in [1.807, 2.05) is 47.8 Å². The van der Waals surface area contributed by atoms with E-state index in [0.717, 1.165) is 45.5 Å². The normalized spacial score (nSPS) is 11.5. The molecule has 24 heavy (non-hydrogen) atoms. The number of rotatable bonds is 6. The molecular formula is C19H18ClN3S. The van der Waals surface area contributed by atoms with Crippen LogP contribution in [0.15, 0.2) is 65.1 Å². The van der Waals surface area contributed by atoms with E-state index in [1.54, 1.807) is 11.3 Å². The Morgan fingerprint density at radius 2 is 1.88 bits per heavy atom. The Bertz CT molecular complexity index is 810. The van der Waals surface area contributed by atoms with Crippen LogP contribution in [0.2, 0.25) is 5.02 Å². The number of benzene rings is 2. The smallest absolute Gasteiger partial charge is 0.203 e. The molecule has 0 atom stereocenters. The zero-order chi connectivity index (χ0) is 16.8. The fourth-order valence-electron chi connectivity index (χ4n) is 2.33. The van der Waals surface area contributed by atoms with Gasteiger partial charge >= 0.3 is 0 Å². The zero-order valence-corrected chi connectivity index (χ0v) is 14.9. The lowest BCUT2D eigenvalue weighted by Gasteiger charge is -2.05. The van der Waals surface area contributed by atoms with Crippen LogP contribution in [0, 0.1) is 0 Å². The van der Waals surface area contributed by atoms with Crippen LogP contribution in [-0.4, -0.2) is 10.7 Å². The number of aromatic nitrogens is 1. The topological polar surface area (TPSA) is 37.3 Å². The molecule has 5 heteroatoms. The van der Waals surface area contributed by atoms with Crippen molar-refractivity contribution in [2.24, 2.45) is 5.10 Å². The highest BCUT2D eigenvalue weighted by Gasteiger charge is 2.06. The van der Waals surface area contributed by atoms with Crippen molar-refractivity contribution in [3.63, 3.8) is 0 Å². The first-order valence-corrected chi connectivity index (χ1v) is 9.11. The van der Waals surface area contributed by atoms with Gasteiger partial charge in [0.05, 0.1) is 11.4 Å². The molecule has 0 aliphatic carbocycles. The molecule has 3 aromatic rings. The Kier molecular flexibility index (Phi) is 5.62. The summed E-state index contributed by atoms with van der Waals surface area (Å²) in [6.45, 7) is 2.15. The SMILES string of the molecule is CCC/C(=N/Nc1nc(-c2ccc(Cl)cc2)cs1)c1ccccc1. The first-order valence-electron chi connectivity index (χ1n) is 7.85. The van der Waals surface area contributed by atoms with Crippen LogP contribution in [0.5, 0.6) is 0 Å². The van der Waals surface area contributed by atoms with Crippen molar-refractivity contribution in [1.82, 2.24) is 4.98 Å². The van der Waals surface area contributed by atoms with E-state index in [-0.39, 0.29) is 0 Å². The molecule has 0 aliphatic heterocycles. The van der Waals surface area contributed by atoms with Gasteiger partial charge in [0.25, 0.3) is 0 Å². The Hall–Kier alpha value is -2.17. The zero-order valence-electron chi connectivity index (χ0n) is 13.4. The lowest BCUT2D eigenvalue weighted by atomic mass is 10.1. The second-order valence-electron chi connectivity index (χ2n) is 5.33. The number of thiazole rings is 1. The second kappa shape index (κ2) is 8.08. The maximum Gasteiger partial charge on any atom is 0.203 e. The Labute approximate surface area is 151 Å². The molecule has 2 aromatic carbocycles. The van der Waals surface area contributed by atoms with E-state index in [0.29, 0.717) is 0 Å². The number of hydrazone groups is 1. The number of nitrogens with one attached hydrogen (secondary N) is 1. The first kappa shape index (κ1) is 16.7. The molecule has 3 rings (SSSR count). The molecule has 0 amide bonds. The van der Waals surface area contributed by atoms with Gasteiger partial charge in [0.2, 0.25) is 5.13 Å². The highest BCUT2D eigenvalue weighted by molar-refractivity contribution is 7.14. The minimum Gasteiger partial charge on any atom is -0.252 e. The fourth-order valence-corrected chi connectivity index (χ4v) is 3.11. The number of halogens is 1.